The number of carbonyl (C=O) groups excluding carboxylic acids is 3. The van der Waals surface area contributed by atoms with Crippen molar-refractivity contribution in [3.8, 4) is 0 Å². The molecule has 5 aromatic rings. The summed E-state index contributed by atoms with van der Waals surface area (Å²) in [4.78, 5) is 47.0. The zero-order valence-electron chi connectivity index (χ0n) is 24.4. The zero-order valence-corrected chi connectivity index (χ0v) is 24.4. The number of amides is 2. The van der Waals surface area contributed by atoms with Gasteiger partial charge in [-0.2, -0.15) is 0 Å². The molecule has 3 aliphatic rings. The molecule has 0 aromatic heterocycles. The van der Waals surface area contributed by atoms with Crippen molar-refractivity contribution in [2.45, 2.75) is 29.4 Å². The Bertz CT molecular complexity index is 1980. The van der Waals surface area contributed by atoms with Crippen molar-refractivity contribution in [1.29, 1.82) is 0 Å². The predicted molar refractivity (Wildman–Crippen MR) is 172 cm³/mol. The number of anilines is 2. The maximum atomic E-state index is 15.3. The van der Waals surface area contributed by atoms with E-state index in [9.17, 15) is 9.90 Å². The standard InChI is InChI=1S/C39H30N2O4/c42-33(27-16-6-2-7-17-27)34-37(30-21-11-13-23-32(30)41(36(37)44)24-26-14-4-1-5-15-26)25-38(45,28-18-8-3-9-19-28)39(34)29-20-10-12-22-31(29)40-35(39)43/h1-23,34,45H,24-25H2,(H,40,43)/t34-,37-,38+,39+/m1/s1. The highest BCUT2D eigenvalue weighted by molar-refractivity contribution is 6.20. The van der Waals surface area contributed by atoms with Gasteiger partial charge in [-0.05, 0) is 34.4 Å². The van der Waals surface area contributed by atoms with Gasteiger partial charge in [-0.1, -0.05) is 127 Å². The second-order valence-corrected chi connectivity index (χ2v) is 12.2. The lowest BCUT2D eigenvalue weighted by Gasteiger charge is -2.41. The molecule has 2 heterocycles. The number of rotatable bonds is 5. The van der Waals surface area contributed by atoms with Gasteiger partial charge in [0.25, 0.3) is 0 Å². The molecule has 1 aliphatic carbocycles. The summed E-state index contributed by atoms with van der Waals surface area (Å²) >= 11 is 0. The number of para-hydroxylation sites is 2. The largest absolute Gasteiger partial charge is 0.384 e. The van der Waals surface area contributed by atoms with Gasteiger partial charge in [-0.25, -0.2) is 0 Å². The molecule has 2 aliphatic heterocycles. The van der Waals surface area contributed by atoms with E-state index in [2.05, 4.69) is 5.32 Å². The molecule has 0 bridgehead atoms. The van der Waals surface area contributed by atoms with Crippen molar-refractivity contribution in [1.82, 2.24) is 0 Å². The first-order valence-electron chi connectivity index (χ1n) is 15.2. The first-order valence-corrected chi connectivity index (χ1v) is 15.2. The van der Waals surface area contributed by atoms with Gasteiger partial charge in [0.2, 0.25) is 11.8 Å². The second kappa shape index (κ2) is 9.84. The molecule has 220 valence electrons. The van der Waals surface area contributed by atoms with Crippen molar-refractivity contribution in [2.75, 3.05) is 10.2 Å². The Morgan fingerprint density at radius 2 is 1.31 bits per heavy atom. The van der Waals surface area contributed by atoms with Crippen LogP contribution in [0.2, 0.25) is 0 Å². The molecule has 6 heteroatoms. The lowest BCUT2D eigenvalue weighted by atomic mass is 9.58. The molecule has 1 fully saturated rings. The van der Waals surface area contributed by atoms with Gasteiger partial charge in [0.05, 0.1) is 17.9 Å². The van der Waals surface area contributed by atoms with Gasteiger partial charge in [-0.3, -0.25) is 14.4 Å². The van der Waals surface area contributed by atoms with E-state index in [1.54, 1.807) is 53.4 Å². The first kappa shape index (κ1) is 27.2. The molecule has 6 nitrogen and oxygen atoms in total. The minimum absolute atomic E-state index is 0.157. The third-order valence-electron chi connectivity index (χ3n) is 10.1. The Labute approximate surface area is 261 Å². The molecule has 45 heavy (non-hydrogen) atoms. The molecule has 2 spiro atoms. The van der Waals surface area contributed by atoms with Crippen molar-refractivity contribution < 1.29 is 19.5 Å². The van der Waals surface area contributed by atoms with Gasteiger partial charge in [-0.15, -0.1) is 0 Å². The number of nitrogens with zero attached hydrogens (tertiary/aromatic N) is 1. The fourth-order valence-electron chi connectivity index (χ4n) is 8.39. The molecule has 0 saturated heterocycles. The number of carbonyl (C=O) groups is 3. The Morgan fingerprint density at radius 1 is 0.733 bits per heavy atom. The highest BCUT2D eigenvalue weighted by Gasteiger charge is 2.81. The van der Waals surface area contributed by atoms with Crippen LogP contribution in [0.1, 0.15) is 39.0 Å². The highest BCUT2D eigenvalue weighted by Crippen LogP contribution is 2.71. The average molecular weight is 591 g/mol. The number of aliphatic hydroxyl groups is 1. The fraction of sp³-hybridized carbons (Fsp3) is 0.154. The van der Waals surface area contributed by atoms with E-state index in [0.29, 0.717) is 33.6 Å². The Balaban J connectivity index is 1.47. The van der Waals surface area contributed by atoms with Crippen LogP contribution in [0, 0.1) is 5.92 Å². The number of hydrogen-bond acceptors (Lipinski definition) is 4. The Hall–Kier alpha value is -5.33. The van der Waals surface area contributed by atoms with Crippen molar-refractivity contribution in [3.63, 3.8) is 0 Å². The van der Waals surface area contributed by atoms with Crippen LogP contribution < -0.4 is 10.2 Å². The molecule has 0 radical (unpaired) electrons. The Kier molecular flexibility index (Phi) is 5.96. The lowest BCUT2D eigenvalue weighted by molar-refractivity contribution is -0.132. The molecule has 0 unspecified atom stereocenters. The van der Waals surface area contributed by atoms with Crippen LogP contribution in [-0.2, 0) is 32.6 Å². The average Bonchev–Trinajstić information content (AvgIpc) is 3.62. The third kappa shape index (κ3) is 3.51. The highest BCUT2D eigenvalue weighted by atomic mass is 16.3. The van der Waals surface area contributed by atoms with Crippen molar-refractivity contribution >= 4 is 29.0 Å². The summed E-state index contributed by atoms with van der Waals surface area (Å²) in [6.45, 7) is 0.282. The topological polar surface area (TPSA) is 86.7 Å². The SMILES string of the molecule is O=C(c1ccccc1)[C@H]1[C@@]2(C(=O)Nc3ccccc32)[C@@](O)(c2ccccc2)C[C@]12C(=O)N(Cc1ccccc1)c1ccccc12. The normalized spacial score (nSPS) is 26.2. The quantitative estimate of drug-likeness (QED) is 0.241. The van der Waals surface area contributed by atoms with Crippen LogP contribution in [0.4, 0.5) is 11.4 Å². The Morgan fingerprint density at radius 3 is 2.02 bits per heavy atom. The van der Waals surface area contributed by atoms with Gasteiger partial charge in [0.15, 0.2) is 5.78 Å². The third-order valence-corrected chi connectivity index (χ3v) is 10.1. The summed E-state index contributed by atoms with van der Waals surface area (Å²) < 4.78 is 0. The van der Waals surface area contributed by atoms with Crippen molar-refractivity contribution in [3.05, 3.63) is 167 Å². The minimum atomic E-state index is -1.93. The van der Waals surface area contributed by atoms with E-state index in [0.717, 1.165) is 5.56 Å². The summed E-state index contributed by atoms with van der Waals surface area (Å²) in [6, 6.07) is 42.3. The summed E-state index contributed by atoms with van der Waals surface area (Å²) in [5.41, 5.74) is -1.15. The van der Waals surface area contributed by atoms with Gasteiger partial charge < -0.3 is 15.3 Å². The molecule has 1 saturated carbocycles. The fourth-order valence-corrected chi connectivity index (χ4v) is 8.39. The van der Waals surface area contributed by atoms with Gasteiger partial charge >= 0.3 is 0 Å². The summed E-state index contributed by atoms with van der Waals surface area (Å²) in [7, 11) is 0. The predicted octanol–water partition coefficient (Wildman–Crippen LogP) is 6.15. The lowest BCUT2D eigenvalue weighted by Crippen LogP contribution is -2.57. The van der Waals surface area contributed by atoms with Crippen LogP contribution >= 0.6 is 0 Å². The molecule has 2 N–H and O–H groups in total. The van der Waals surface area contributed by atoms with E-state index in [1.807, 2.05) is 91.0 Å². The number of hydrogen-bond donors (Lipinski definition) is 2. The van der Waals surface area contributed by atoms with Crippen molar-refractivity contribution in [2.24, 2.45) is 5.92 Å². The monoisotopic (exact) mass is 590 g/mol. The summed E-state index contributed by atoms with van der Waals surface area (Å²) in [5, 5.41) is 16.4. The molecule has 5 aromatic carbocycles. The maximum absolute atomic E-state index is 15.3. The second-order valence-electron chi connectivity index (χ2n) is 12.2. The number of fused-ring (bicyclic) bond motifs is 4. The molecular formula is C39H30N2O4. The van der Waals surface area contributed by atoms with E-state index in [1.165, 1.54) is 0 Å². The van der Waals surface area contributed by atoms with Crippen LogP contribution in [0.3, 0.4) is 0 Å². The number of Topliss-reactive ketones (excluding diaryl/α,β-unsaturated/α-hetero) is 1. The number of ketones is 1. The van der Waals surface area contributed by atoms with Gasteiger partial charge in [0.1, 0.15) is 11.0 Å². The molecule has 2 amide bonds. The number of nitrogens with one attached hydrogen (secondary N) is 1. The molecule has 4 atom stereocenters. The van der Waals surface area contributed by atoms with E-state index < -0.39 is 28.3 Å². The van der Waals surface area contributed by atoms with Crippen LogP contribution in [0.15, 0.2) is 140 Å². The summed E-state index contributed by atoms with van der Waals surface area (Å²) in [6.07, 6.45) is -0.157. The van der Waals surface area contributed by atoms with E-state index >= 15 is 9.59 Å². The zero-order chi connectivity index (χ0) is 30.8. The smallest absolute Gasteiger partial charge is 0.239 e. The van der Waals surface area contributed by atoms with E-state index in [4.69, 9.17) is 0 Å². The number of benzene rings is 5. The maximum Gasteiger partial charge on any atom is 0.239 e. The summed E-state index contributed by atoms with van der Waals surface area (Å²) in [5.74, 6) is -2.42. The minimum Gasteiger partial charge on any atom is -0.384 e. The van der Waals surface area contributed by atoms with Crippen LogP contribution in [0.5, 0.6) is 0 Å². The molecular weight excluding hydrogens is 560 g/mol. The van der Waals surface area contributed by atoms with Crippen LogP contribution in [-0.4, -0.2) is 22.7 Å². The van der Waals surface area contributed by atoms with Crippen LogP contribution in [0.25, 0.3) is 0 Å². The first-order chi connectivity index (χ1) is 21.9. The van der Waals surface area contributed by atoms with Gasteiger partial charge in [0, 0.05) is 23.4 Å². The van der Waals surface area contributed by atoms with E-state index in [-0.39, 0.29) is 24.7 Å². The molecule has 8 rings (SSSR count).